The Morgan fingerprint density at radius 2 is 1.86 bits per heavy atom. The summed E-state index contributed by atoms with van der Waals surface area (Å²) in [4.78, 5) is 22.9. The van der Waals surface area contributed by atoms with Crippen LogP contribution >= 0.6 is 23.4 Å². The number of carbonyl (C=O) groups is 2. The summed E-state index contributed by atoms with van der Waals surface area (Å²) >= 11 is 7.02. The quantitative estimate of drug-likeness (QED) is 0.589. The molecule has 1 fully saturated rings. The molecular weight excluding hydrogens is 412 g/mol. The number of aliphatic hydroxyl groups is 1. The number of carbonyl (C=O) groups excluding carboxylic acids is 2. The highest BCUT2D eigenvalue weighted by molar-refractivity contribution is 8.15. The monoisotopic (exact) mass is 436 g/mol. The first-order chi connectivity index (χ1) is 13.4. The lowest BCUT2D eigenvalue weighted by molar-refractivity contribution is -0.118. The topological polar surface area (TPSA) is 110 Å². The number of nitrogens with one attached hydrogen (secondary N) is 2. The fourth-order valence-corrected chi connectivity index (χ4v) is 4.18. The van der Waals surface area contributed by atoms with Crippen LogP contribution in [-0.4, -0.2) is 39.6 Å². The van der Waals surface area contributed by atoms with Gasteiger partial charge in [-0.05, 0) is 48.6 Å². The van der Waals surface area contributed by atoms with Crippen molar-refractivity contribution < 1.29 is 20.2 Å². The van der Waals surface area contributed by atoms with Crippen molar-refractivity contribution in [3.63, 3.8) is 0 Å². The van der Waals surface area contributed by atoms with E-state index >= 15 is 0 Å². The molecule has 2 aromatic carbocycles. The van der Waals surface area contributed by atoms with Crippen molar-refractivity contribution in [2.45, 2.75) is 37.2 Å². The van der Waals surface area contributed by atoms with E-state index in [1.807, 2.05) is 36.4 Å². The first-order valence-corrected chi connectivity index (χ1v) is 10.4. The highest BCUT2D eigenvalue weighted by atomic mass is 35.5. The minimum atomic E-state index is -0.610. The number of imide groups is 1. The second-order valence-electron chi connectivity index (χ2n) is 6.99. The summed E-state index contributed by atoms with van der Waals surface area (Å²) in [6.07, 6.45) is 0.753. The molecule has 1 aliphatic rings. The van der Waals surface area contributed by atoms with Crippen LogP contribution in [0.15, 0.2) is 48.5 Å². The zero-order chi connectivity index (χ0) is 20.1. The third-order valence-electron chi connectivity index (χ3n) is 4.65. The van der Waals surface area contributed by atoms with E-state index in [0.29, 0.717) is 18.0 Å². The molecule has 2 amide bonds. The number of benzene rings is 2. The van der Waals surface area contributed by atoms with Crippen LogP contribution in [0, 0.1) is 0 Å². The van der Waals surface area contributed by atoms with Crippen LogP contribution in [0.3, 0.4) is 0 Å². The Bertz CT molecular complexity index is 847. The molecule has 1 heterocycles. The van der Waals surface area contributed by atoms with Crippen molar-refractivity contribution in [1.82, 2.24) is 10.6 Å². The molecule has 0 bridgehead atoms. The molecule has 5 N–H and O–H groups in total. The van der Waals surface area contributed by atoms with Gasteiger partial charge in [-0.1, -0.05) is 59.8 Å². The number of thioether (sulfide) groups is 1. The lowest BCUT2D eigenvalue weighted by Gasteiger charge is -2.18. The van der Waals surface area contributed by atoms with E-state index in [2.05, 4.69) is 17.6 Å². The van der Waals surface area contributed by atoms with Crippen molar-refractivity contribution >= 4 is 34.5 Å². The van der Waals surface area contributed by atoms with E-state index in [4.69, 9.17) is 11.6 Å². The fourth-order valence-electron chi connectivity index (χ4n) is 3.12. The molecule has 3 rings (SSSR count). The van der Waals surface area contributed by atoms with E-state index < -0.39 is 6.10 Å². The van der Waals surface area contributed by atoms with Gasteiger partial charge >= 0.3 is 0 Å². The number of amides is 2. The van der Waals surface area contributed by atoms with Crippen molar-refractivity contribution in [3.8, 4) is 0 Å². The summed E-state index contributed by atoms with van der Waals surface area (Å²) in [6, 6.07) is 15.5. The largest absolute Gasteiger partial charge is 0.412 e. The number of hydrogen-bond acceptors (Lipinski definition) is 5. The summed E-state index contributed by atoms with van der Waals surface area (Å²) in [5.74, 6) is -0.213. The summed E-state index contributed by atoms with van der Waals surface area (Å²) in [5, 5.41) is 16.0. The van der Waals surface area contributed by atoms with Gasteiger partial charge in [-0.15, -0.1) is 0 Å². The van der Waals surface area contributed by atoms with E-state index in [9.17, 15) is 14.7 Å². The molecule has 6 nitrogen and oxygen atoms in total. The Morgan fingerprint density at radius 3 is 2.48 bits per heavy atom. The van der Waals surface area contributed by atoms with E-state index in [-0.39, 0.29) is 27.9 Å². The molecular formula is C21H25ClN2O4S. The molecule has 0 aliphatic carbocycles. The van der Waals surface area contributed by atoms with Gasteiger partial charge in [-0.3, -0.25) is 14.9 Å². The predicted molar refractivity (Wildman–Crippen MR) is 116 cm³/mol. The molecule has 3 unspecified atom stereocenters. The number of halogens is 1. The van der Waals surface area contributed by atoms with Gasteiger partial charge < -0.3 is 15.9 Å². The highest BCUT2D eigenvalue weighted by Crippen LogP contribution is 2.23. The van der Waals surface area contributed by atoms with E-state index in [1.165, 1.54) is 5.56 Å². The molecule has 29 heavy (non-hydrogen) atoms. The van der Waals surface area contributed by atoms with Gasteiger partial charge in [0.1, 0.15) is 0 Å². The minimum Gasteiger partial charge on any atom is -0.412 e. The fraction of sp³-hybridized carbons (Fsp3) is 0.333. The maximum absolute atomic E-state index is 11.7. The molecule has 2 aromatic rings. The molecule has 0 aromatic heterocycles. The first kappa shape index (κ1) is 23.4. The lowest BCUT2D eigenvalue weighted by atomic mass is 10.0. The summed E-state index contributed by atoms with van der Waals surface area (Å²) in [7, 11) is 0. The van der Waals surface area contributed by atoms with Gasteiger partial charge in [0.25, 0.3) is 5.24 Å². The summed E-state index contributed by atoms with van der Waals surface area (Å²) in [5.41, 5.74) is 2.99. The lowest BCUT2D eigenvalue weighted by Crippen LogP contribution is -2.32. The van der Waals surface area contributed by atoms with Crippen LogP contribution in [0.25, 0.3) is 0 Å². The predicted octanol–water partition coefficient (Wildman–Crippen LogP) is 2.66. The van der Waals surface area contributed by atoms with Crippen molar-refractivity contribution in [2.75, 3.05) is 6.54 Å². The second-order valence-corrected chi connectivity index (χ2v) is 8.60. The zero-order valence-electron chi connectivity index (χ0n) is 16.0. The second kappa shape index (κ2) is 10.8. The highest BCUT2D eigenvalue weighted by Gasteiger charge is 2.31. The summed E-state index contributed by atoms with van der Waals surface area (Å²) < 4.78 is 0. The zero-order valence-corrected chi connectivity index (χ0v) is 17.6. The van der Waals surface area contributed by atoms with Crippen LogP contribution < -0.4 is 10.6 Å². The molecule has 8 heteroatoms. The number of hydrogen-bond donors (Lipinski definition) is 3. The van der Waals surface area contributed by atoms with Crippen LogP contribution in [0.1, 0.15) is 29.7 Å². The van der Waals surface area contributed by atoms with Crippen molar-refractivity contribution in [1.29, 1.82) is 0 Å². The van der Waals surface area contributed by atoms with Gasteiger partial charge in [0, 0.05) is 17.6 Å². The Hall–Kier alpha value is -1.90. The molecule has 0 radical (unpaired) electrons. The Labute approximate surface area is 179 Å². The average molecular weight is 437 g/mol. The third kappa shape index (κ3) is 6.83. The van der Waals surface area contributed by atoms with E-state index in [0.717, 1.165) is 29.3 Å². The van der Waals surface area contributed by atoms with Gasteiger partial charge in [0.2, 0.25) is 5.91 Å². The normalized spacial score (nSPS) is 18.1. The van der Waals surface area contributed by atoms with Crippen LogP contribution in [-0.2, 0) is 17.6 Å². The Morgan fingerprint density at radius 1 is 1.17 bits per heavy atom. The standard InChI is InChI=1S/C21H23ClN2O3S.H2O/c1-13(23-12-18(25)16-3-2-4-17(22)11-16)9-14-5-7-15(8-6-14)10-19-20(26)24-21(27)28-19;/h2-8,11,13,18-19,23,25H,9-10,12H2,1H3,(H,24,26,27);1H2. The number of rotatable bonds is 8. The van der Waals surface area contributed by atoms with E-state index in [1.54, 1.807) is 12.1 Å². The smallest absolute Gasteiger partial charge is 0.286 e. The first-order valence-electron chi connectivity index (χ1n) is 9.17. The molecule has 1 saturated heterocycles. The van der Waals surface area contributed by atoms with Crippen molar-refractivity contribution in [2.24, 2.45) is 0 Å². The maximum Gasteiger partial charge on any atom is 0.286 e. The van der Waals surface area contributed by atoms with Gasteiger partial charge in [0.15, 0.2) is 0 Å². The molecule has 0 saturated carbocycles. The SMILES string of the molecule is CC(Cc1ccc(CC2SC(=O)NC2=O)cc1)NCC(O)c1cccc(Cl)c1.O. The molecule has 3 atom stereocenters. The molecule has 0 spiro atoms. The number of aliphatic hydroxyl groups excluding tert-OH is 1. The average Bonchev–Trinajstić information content (AvgIpc) is 2.98. The van der Waals surface area contributed by atoms with Crippen LogP contribution in [0.2, 0.25) is 5.02 Å². The third-order valence-corrected chi connectivity index (χ3v) is 5.86. The van der Waals surface area contributed by atoms with Gasteiger partial charge in [-0.25, -0.2) is 0 Å². The Kier molecular flexibility index (Phi) is 8.67. The maximum atomic E-state index is 11.7. The van der Waals surface area contributed by atoms with Crippen molar-refractivity contribution in [3.05, 3.63) is 70.2 Å². The minimum absolute atomic E-state index is 0. The van der Waals surface area contributed by atoms with Gasteiger partial charge in [0.05, 0.1) is 11.4 Å². The molecule has 156 valence electrons. The van der Waals surface area contributed by atoms with Crippen LogP contribution in [0.4, 0.5) is 4.79 Å². The van der Waals surface area contributed by atoms with Crippen LogP contribution in [0.5, 0.6) is 0 Å². The summed E-state index contributed by atoms with van der Waals surface area (Å²) in [6.45, 7) is 2.52. The Balaban J connectivity index is 0.00000300. The van der Waals surface area contributed by atoms with Gasteiger partial charge in [-0.2, -0.15) is 0 Å². The molecule has 1 aliphatic heterocycles.